The van der Waals surface area contributed by atoms with Crippen LogP contribution in [0.25, 0.3) is 0 Å². The number of nitrogens with zero attached hydrogens (tertiary/aromatic N) is 2. The van der Waals surface area contributed by atoms with Crippen LogP contribution in [0.2, 0.25) is 0 Å². The van der Waals surface area contributed by atoms with Gasteiger partial charge in [0.2, 0.25) is 17.7 Å². The third-order valence-electron chi connectivity index (χ3n) is 7.11. The largest absolute Gasteiger partial charge is 0.492 e. The number of hydrogen-bond donors (Lipinski definition) is 2. The monoisotopic (exact) mass is 652 g/mol. The predicted molar refractivity (Wildman–Crippen MR) is 176 cm³/mol. The number of rotatable bonds is 23. The highest BCUT2D eigenvalue weighted by atomic mass is 16.7. The maximum absolute atomic E-state index is 13.0. The molecule has 0 saturated carbocycles. The lowest BCUT2D eigenvalue weighted by molar-refractivity contribution is -0.159. The lowest BCUT2D eigenvalue weighted by Crippen LogP contribution is -2.40. The standard InChI is InChI=1S/C35H60N2O9/c1-34(2,3)44-31(41)22-20-18-16-14-12-10-8-7-9-11-13-15-17-19-21-28(38)36(27-33(43)45-35(4,5)6)26-25-32(42)46-37-29(39)23-24-30(37)40/h23-24,39-40H,7-22,25-27H2,1-6H3. The highest BCUT2D eigenvalue weighted by Gasteiger charge is 2.23. The van der Waals surface area contributed by atoms with Crippen molar-refractivity contribution in [2.24, 2.45) is 0 Å². The molecule has 1 heterocycles. The second kappa shape index (κ2) is 21.5. The highest BCUT2D eigenvalue weighted by Crippen LogP contribution is 2.19. The molecule has 0 bridgehead atoms. The van der Waals surface area contributed by atoms with Crippen LogP contribution < -0.4 is 4.84 Å². The van der Waals surface area contributed by atoms with Gasteiger partial charge in [-0.15, -0.1) is 4.73 Å². The molecular weight excluding hydrogens is 592 g/mol. The molecule has 1 aromatic rings. The molecule has 46 heavy (non-hydrogen) atoms. The van der Waals surface area contributed by atoms with E-state index in [0.717, 1.165) is 32.1 Å². The van der Waals surface area contributed by atoms with E-state index >= 15 is 0 Å². The molecule has 0 aliphatic heterocycles. The van der Waals surface area contributed by atoms with Crippen LogP contribution in [0.3, 0.4) is 0 Å². The van der Waals surface area contributed by atoms with Gasteiger partial charge in [-0.05, 0) is 54.4 Å². The molecule has 0 atom stereocenters. The van der Waals surface area contributed by atoms with E-state index < -0.39 is 34.9 Å². The Morgan fingerprint density at radius 2 is 0.978 bits per heavy atom. The number of amides is 1. The van der Waals surface area contributed by atoms with Crippen LogP contribution in [-0.4, -0.2) is 68.0 Å². The fraction of sp³-hybridized carbons (Fsp3) is 0.771. The molecule has 0 spiro atoms. The third-order valence-corrected chi connectivity index (χ3v) is 7.11. The zero-order valence-electron chi connectivity index (χ0n) is 29.2. The van der Waals surface area contributed by atoms with Gasteiger partial charge in [0.05, 0.1) is 6.42 Å². The van der Waals surface area contributed by atoms with Crippen LogP contribution in [0.5, 0.6) is 11.8 Å². The Morgan fingerprint density at radius 3 is 1.41 bits per heavy atom. The van der Waals surface area contributed by atoms with Gasteiger partial charge in [-0.2, -0.15) is 0 Å². The number of aromatic hydroxyl groups is 2. The number of esters is 2. The zero-order valence-corrected chi connectivity index (χ0v) is 29.2. The summed E-state index contributed by atoms with van der Waals surface area (Å²) in [4.78, 5) is 55.6. The Bertz CT molecular complexity index is 1030. The summed E-state index contributed by atoms with van der Waals surface area (Å²) in [7, 11) is 0. The maximum Gasteiger partial charge on any atom is 0.335 e. The van der Waals surface area contributed by atoms with Gasteiger partial charge in [0, 0.05) is 31.5 Å². The second-order valence-corrected chi connectivity index (χ2v) is 14.0. The van der Waals surface area contributed by atoms with Crippen LogP contribution in [-0.2, 0) is 28.7 Å². The first kappa shape index (κ1) is 40.8. The van der Waals surface area contributed by atoms with Gasteiger partial charge < -0.3 is 29.4 Å². The van der Waals surface area contributed by atoms with Gasteiger partial charge in [-0.25, -0.2) is 4.79 Å². The number of aromatic nitrogens is 1. The lowest BCUT2D eigenvalue weighted by atomic mass is 10.0. The number of hydrogen-bond acceptors (Lipinski definition) is 9. The molecule has 11 heteroatoms. The fourth-order valence-electron chi connectivity index (χ4n) is 4.91. The van der Waals surface area contributed by atoms with E-state index in [-0.39, 0.29) is 37.8 Å². The predicted octanol–water partition coefficient (Wildman–Crippen LogP) is 7.00. The minimum atomic E-state index is -0.782. The minimum absolute atomic E-state index is 0.0617. The summed E-state index contributed by atoms with van der Waals surface area (Å²) >= 11 is 0. The Morgan fingerprint density at radius 1 is 0.587 bits per heavy atom. The van der Waals surface area contributed by atoms with Gasteiger partial charge in [0.1, 0.15) is 17.7 Å². The van der Waals surface area contributed by atoms with Crippen LogP contribution >= 0.6 is 0 Å². The molecule has 11 nitrogen and oxygen atoms in total. The number of carbonyl (C=O) groups is 4. The van der Waals surface area contributed by atoms with Crippen LogP contribution in [0.4, 0.5) is 0 Å². The smallest absolute Gasteiger partial charge is 0.335 e. The van der Waals surface area contributed by atoms with E-state index in [1.807, 2.05) is 20.8 Å². The molecule has 1 amide bonds. The fourth-order valence-corrected chi connectivity index (χ4v) is 4.91. The van der Waals surface area contributed by atoms with Crippen molar-refractivity contribution in [2.75, 3.05) is 13.1 Å². The van der Waals surface area contributed by atoms with Crippen molar-refractivity contribution in [1.29, 1.82) is 0 Å². The van der Waals surface area contributed by atoms with E-state index in [2.05, 4.69) is 0 Å². The summed E-state index contributed by atoms with van der Waals surface area (Å²) in [5.74, 6) is -2.57. The molecule has 0 fully saturated rings. The van der Waals surface area contributed by atoms with E-state index in [0.29, 0.717) is 17.6 Å². The van der Waals surface area contributed by atoms with Crippen LogP contribution in [0.1, 0.15) is 151 Å². The zero-order chi connectivity index (χ0) is 34.6. The molecule has 0 radical (unpaired) electrons. The van der Waals surface area contributed by atoms with Crippen molar-refractivity contribution in [3.05, 3.63) is 12.1 Å². The SMILES string of the molecule is CC(C)(C)OC(=O)CCCCCCCCCCCCCCCCC(=O)N(CCC(=O)On1c(O)ccc1O)CC(=O)OC(C)(C)C. The molecule has 0 unspecified atom stereocenters. The van der Waals surface area contributed by atoms with Crippen LogP contribution in [0, 0.1) is 0 Å². The highest BCUT2D eigenvalue weighted by molar-refractivity contribution is 5.82. The normalized spacial score (nSPS) is 11.7. The minimum Gasteiger partial charge on any atom is -0.492 e. The molecule has 1 aromatic heterocycles. The summed E-state index contributed by atoms with van der Waals surface area (Å²) < 4.78 is 11.3. The van der Waals surface area contributed by atoms with Gasteiger partial charge in [0.25, 0.3) is 0 Å². The van der Waals surface area contributed by atoms with E-state index in [1.165, 1.54) is 68.4 Å². The average molecular weight is 653 g/mol. The van der Waals surface area contributed by atoms with Crippen molar-refractivity contribution in [3.8, 4) is 11.8 Å². The topological polar surface area (TPSA) is 145 Å². The second-order valence-electron chi connectivity index (χ2n) is 14.0. The van der Waals surface area contributed by atoms with Crippen molar-refractivity contribution < 1.29 is 43.7 Å². The molecule has 264 valence electrons. The van der Waals surface area contributed by atoms with Gasteiger partial charge in [-0.3, -0.25) is 14.4 Å². The molecule has 1 rings (SSSR count). The summed E-state index contributed by atoms with van der Waals surface area (Å²) in [6, 6.07) is 2.34. The molecule has 0 aliphatic carbocycles. The van der Waals surface area contributed by atoms with Gasteiger partial charge in [-0.1, -0.05) is 77.0 Å². The number of unbranched alkanes of at least 4 members (excludes halogenated alkanes) is 13. The molecular formula is C35H60N2O9. The van der Waals surface area contributed by atoms with Gasteiger partial charge in [0.15, 0.2) is 0 Å². The average Bonchev–Trinajstić information content (AvgIpc) is 3.25. The lowest BCUT2D eigenvalue weighted by Gasteiger charge is -2.25. The molecule has 2 N–H and O–H groups in total. The number of carbonyl (C=O) groups excluding carboxylic acids is 4. The van der Waals surface area contributed by atoms with Crippen molar-refractivity contribution in [1.82, 2.24) is 9.63 Å². The van der Waals surface area contributed by atoms with E-state index in [9.17, 15) is 29.4 Å². The summed E-state index contributed by atoms with van der Waals surface area (Å²) in [6.45, 7) is 10.6. The molecule has 0 aliphatic rings. The first-order valence-corrected chi connectivity index (χ1v) is 17.1. The first-order chi connectivity index (χ1) is 21.6. The first-order valence-electron chi connectivity index (χ1n) is 17.1. The van der Waals surface area contributed by atoms with E-state index in [4.69, 9.17) is 14.3 Å². The summed E-state index contributed by atoms with van der Waals surface area (Å²) in [6.07, 6.45) is 16.0. The van der Waals surface area contributed by atoms with Crippen molar-refractivity contribution >= 4 is 23.8 Å². The summed E-state index contributed by atoms with van der Waals surface area (Å²) in [5, 5.41) is 19.3. The Labute approximate surface area is 275 Å². The van der Waals surface area contributed by atoms with Crippen molar-refractivity contribution in [3.63, 3.8) is 0 Å². The molecule has 0 saturated heterocycles. The van der Waals surface area contributed by atoms with Crippen LogP contribution in [0.15, 0.2) is 12.1 Å². The quantitative estimate of drug-likeness (QED) is 0.0943. The third kappa shape index (κ3) is 20.7. The van der Waals surface area contributed by atoms with E-state index in [1.54, 1.807) is 20.8 Å². The van der Waals surface area contributed by atoms with Crippen molar-refractivity contribution in [2.45, 2.75) is 162 Å². The number of ether oxygens (including phenoxy) is 2. The Balaban J connectivity index is 2.19. The summed E-state index contributed by atoms with van der Waals surface area (Å²) in [5.41, 5.74) is -1.11. The van der Waals surface area contributed by atoms with Gasteiger partial charge >= 0.3 is 17.9 Å². The maximum atomic E-state index is 13.0. The Kier molecular flexibility index (Phi) is 19.1. The Hall–Kier alpha value is -3.24. The molecule has 0 aromatic carbocycles.